The molecule has 0 aliphatic rings. The van der Waals surface area contributed by atoms with Crippen molar-refractivity contribution in [2.75, 3.05) is 13.7 Å². The van der Waals surface area contributed by atoms with Crippen molar-refractivity contribution in [1.82, 2.24) is 0 Å². The number of aryl methyl sites for hydroxylation is 2. The molecule has 0 fully saturated rings. The predicted molar refractivity (Wildman–Crippen MR) is 82.3 cm³/mol. The molecular weight excluding hydrogens is 254 g/mol. The van der Waals surface area contributed by atoms with E-state index in [-0.39, 0.29) is 0 Å². The lowest BCUT2D eigenvalue weighted by Crippen LogP contribution is -2.15. The van der Waals surface area contributed by atoms with Gasteiger partial charge in [-0.25, -0.2) is 0 Å². The van der Waals surface area contributed by atoms with E-state index in [9.17, 15) is 0 Å². The fourth-order valence-electron chi connectivity index (χ4n) is 2.33. The molecule has 2 N–H and O–H groups in total. The van der Waals surface area contributed by atoms with E-state index >= 15 is 0 Å². The normalized spacial score (nSPS) is 12.4. The maximum atomic E-state index is 5.97. The summed E-state index contributed by atoms with van der Waals surface area (Å²) in [6.07, 6.45) is 1.02. The van der Waals surface area contributed by atoms with E-state index in [1.165, 1.54) is 21.6 Å². The van der Waals surface area contributed by atoms with E-state index < -0.39 is 0 Å². The van der Waals surface area contributed by atoms with Crippen molar-refractivity contribution < 1.29 is 4.74 Å². The molecule has 2 rings (SSSR count). The number of hydrogen-bond donors (Lipinski definition) is 1. The number of nitrogens with two attached hydrogens (primary N) is 1. The second kappa shape index (κ2) is 6.22. The van der Waals surface area contributed by atoms with Crippen molar-refractivity contribution in [2.45, 2.75) is 26.2 Å². The number of benzene rings is 1. The number of ether oxygens (including phenoxy) is 1. The topological polar surface area (TPSA) is 35.2 Å². The largest absolute Gasteiger partial charge is 0.496 e. The molecule has 0 bridgehead atoms. The fraction of sp³-hybridized carbons (Fsp3) is 0.375. The van der Waals surface area contributed by atoms with Crippen molar-refractivity contribution in [3.05, 3.63) is 51.2 Å². The molecule has 1 atom stereocenters. The van der Waals surface area contributed by atoms with Crippen LogP contribution >= 0.6 is 11.3 Å². The lowest BCUT2D eigenvalue weighted by molar-refractivity contribution is 0.411. The first-order chi connectivity index (χ1) is 9.15. The van der Waals surface area contributed by atoms with Crippen molar-refractivity contribution in [3.63, 3.8) is 0 Å². The molecule has 1 unspecified atom stereocenters. The summed E-state index contributed by atoms with van der Waals surface area (Å²) in [5.74, 6) is 1.31. The highest BCUT2D eigenvalue weighted by Crippen LogP contribution is 2.28. The van der Waals surface area contributed by atoms with Crippen molar-refractivity contribution in [2.24, 2.45) is 5.73 Å². The van der Waals surface area contributed by atoms with Gasteiger partial charge in [-0.3, -0.25) is 0 Å². The van der Waals surface area contributed by atoms with E-state index in [1.54, 1.807) is 7.11 Å². The lowest BCUT2D eigenvalue weighted by atomic mass is 9.93. The molecule has 0 aliphatic heterocycles. The van der Waals surface area contributed by atoms with Gasteiger partial charge in [-0.1, -0.05) is 12.1 Å². The molecule has 0 saturated heterocycles. The van der Waals surface area contributed by atoms with E-state index in [1.807, 2.05) is 17.4 Å². The van der Waals surface area contributed by atoms with E-state index in [4.69, 9.17) is 10.5 Å². The Morgan fingerprint density at radius 2 is 2.00 bits per heavy atom. The molecule has 0 radical (unpaired) electrons. The van der Waals surface area contributed by atoms with Crippen LogP contribution in [-0.4, -0.2) is 13.7 Å². The Morgan fingerprint density at radius 1 is 1.21 bits per heavy atom. The molecule has 1 aromatic heterocycles. The smallest absolute Gasteiger partial charge is 0.121 e. The first kappa shape index (κ1) is 14.1. The van der Waals surface area contributed by atoms with Crippen LogP contribution in [0.4, 0.5) is 0 Å². The second-order valence-corrected chi connectivity index (χ2v) is 5.89. The molecule has 2 aromatic rings. The SMILES string of the molecule is COc1ccc(C(CN)Cc2sccc2C)cc1C. The molecule has 3 heteroatoms. The average molecular weight is 275 g/mol. The van der Waals surface area contributed by atoms with Crippen molar-refractivity contribution in [3.8, 4) is 5.75 Å². The highest BCUT2D eigenvalue weighted by Gasteiger charge is 2.14. The van der Waals surface area contributed by atoms with Crippen molar-refractivity contribution in [1.29, 1.82) is 0 Å². The summed E-state index contributed by atoms with van der Waals surface area (Å²) < 4.78 is 5.31. The number of rotatable bonds is 5. The second-order valence-electron chi connectivity index (χ2n) is 4.89. The Labute approximate surface area is 119 Å². The number of thiophene rings is 1. The summed E-state index contributed by atoms with van der Waals surface area (Å²) in [6, 6.07) is 8.53. The highest BCUT2D eigenvalue weighted by molar-refractivity contribution is 7.10. The third kappa shape index (κ3) is 3.17. The standard InChI is InChI=1S/C16H21NOS/c1-11-6-7-19-16(11)9-14(10-17)13-4-5-15(18-3)12(2)8-13/h4-8,14H,9-10,17H2,1-3H3. The van der Waals surface area contributed by atoms with Gasteiger partial charge >= 0.3 is 0 Å². The fourth-order valence-corrected chi connectivity index (χ4v) is 3.32. The van der Waals surface area contributed by atoms with Crippen LogP contribution in [0.5, 0.6) is 5.75 Å². The molecule has 0 amide bonds. The first-order valence-electron chi connectivity index (χ1n) is 6.53. The van der Waals surface area contributed by atoms with Gasteiger partial charge in [0.1, 0.15) is 5.75 Å². The monoisotopic (exact) mass is 275 g/mol. The Balaban J connectivity index is 2.22. The van der Waals surface area contributed by atoms with Gasteiger partial charge in [0.2, 0.25) is 0 Å². The van der Waals surface area contributed by atoms with Crippen LogP contribution in [0.1, 0.15) is 27.5 Å². The molecule has 2 nitrogen and oxygen atoms in total. The van der Waals surface area contributed by atoms with Crippen LogP contribution in [-0.2, 0) is 6.42 Å². The molecular formula is C16H21NOS. The van der Waals surface area contributed by atoms with Gasteiger partial charge in [0.25, 0.3) is 0 Å². The summed E-state index contributed by atoms with van der Waals surface area (Å²) in [5, 5.41) is 2.15. The maximum Gasteiger partial charge on any atom is 0.121 e. The predicted octanol–water partition coefficient (Wildman–Crippen LogP) is 3.66. The van der Waals surface area contributed by atoms with Gasteiger partial charge in [0.05, 0.1) is 7.11 Å². The minimum absolute atomic E-state index is 0.377. The van der Waals surface area contributed by atoms with E-state index in [0.717, 1.165) is 12.2 Å². The van der Waals surface area contributed by atoms with Gasteiger partial charge in [-0.15, -0.1) is 11.3 Å². The third-order valence-electron chi connectivity index (χ3n) is 3.57. The molecule has 102 valence electrons. The Hall–Kier alpha value is -1.32. The maximum absolute atomic E-state index is 5.97. The Morgan fingerprint density at radius 3 is 2.53 bits per heavy atom. The van der Waals surface area contributed by atoms with Gasteiger partial charge < -0.3 is 10.5 Å². The summed E-state index contributed by atoms with van der Waals surface area (Å²) in [7, 11) is 1.71. The average Bonchev–Trinajstić information content (AvgIpc) is 2.81. The zero-order valence-corrected chi connectivity index (χ0v) is 12.6. The van der Waals surface area contributed by atoms with Gasteiger partial charge in [0.15, 0.2) is 0 Å². The first-order valence-corrected chi connectivity index (χ1v) is 7.41. The van der Waals surface area contributed by atoms with Crippen LogP contribution in [0.3, 0.4) is 0 Å². The molecule has 1 aromatic carbocycles. The summed E-state index contributed by atoms with van der Waals surface area (Å²) >= 11 is 1.82. The molecule has 0 spiro atoms. The van der Waals surface area contributed by atoms with Gasteiger partial charge in [-0.2, -0.15) is 0 Å². The molecule has 19 heavy (non-hydrogen) atoms. The summed E-state index contributed by atoms with van der Waals surface area (Å²) in [5.41, 5.74) is 9.80. The highest BCUT2D eigenvalue weighted by atomic mass is 32.1. The molecule has 1 heterocycles. The quantitative estimate of drug-likeness (QED) is 0.904. The number of hydrogen-bond acceptors (Lipinski definition) is 3. The van der Waals surface area contributed by atoms with Crippen LogP contribution in [0.25, 0.3) is 0 Å². The Kier molecular flexibility index (Phi) is 4.61. The zero-order valence-electron chi connectivity index (χ0n) is 11.8. The van der Waals surface area contributed by atoms with E-state index in [0.29, 0.717) is 12.5 Å². The van der Waals surface area contributed by atoms with Gasteiger partial charge in [-0.05, 0) is 61.0 Å². The molecule has 0 saturated carbocycles. The lowest BCUT2D eigenvalue weighted by Gasteiger charge is -2.16. The van der Waals surface area contributed by atoms with Crippen LogP contribution in [0.2, 0.25) is 0 Å². The van der Waals surface area contributed by atoms with Crippen LogP contribution in [0.15, 0.2) is 29.6 Å². The Bertz CT molecular complexity index is 547. The van der Waals surface area contributed by atoms with E-state index in [2.05, 4.69) is 37.4 Å². The minimum Gasteiger partial charge on any atom is -0.496 e. The van der Waals surface area contributed by atoms with Gasteiger partial charge in [0, 0.05) is 10.8 Å². The van der Waals surface area contributed by atoms with Crippen LogP contribution in [0, 0.1) is 13.8 Å². The van der Waals surface area contributed by atoms with Crippen molar-refractivity contribution >= 4 is 11.3 Å². The zero-order chi connectivity index (χ0) is 13.8. The number of methoxy groups -OCH3 is 1. The molecule has 0 aliphatic carbocycles. The third-order valence-corrected chi connectivity index (χ3v) is 4.62. The summed E-state index contributed by atoms with van der Waals surface area (Å²) in [4.78, 5) is 1.43. The minimum atomic E-state index is 0.377. The summed E-state index contributed by atoms with van der Waals surface area (Å²) in [6.45, 7) is 4.91. The van der Waals surface area contributed by atoms with Crippen LogP contribution < -0.4 is 10.5 Å².